The van der Waals surface area contributed by atoms with Crippen molar-refractivity contribution in [3.63, 3.8) is 0 Å². The van der Waals surface area contributed by atoms with Crippen molar-refractivity contribution >= 4 is 17.7 Å². The van der Waals surface area contributed by atoms with Crippen molar-refractivity contribution in [3.05, 3.63) is 83.4 Å². The van der Waals surface area contributed by atoms with Gasteiger partial charge in [0.15, 0.2) is 11.0 Å². The molecule has 0 saturated heterocycles. The number of unbranched alkanes of at least 4 members (excludes halogenated alkanes) is 1. The van der Waals surface area contributed by atoms with Gasteiger partial charge in [0.2, 0.25) is 5.91 Å². The first kappa shape index (κ1) is 35.1. The number of hydrogen-bond acceptors (Lipinski definition) is 6. The van der Waals surface area contributed by atoms with E-state index in [1.165, 1.54) is 28.5 Å². The van der Waals surface area contributed by atoms with E-state index in [2.05, 4.69) is 94.3 Å². The molecule has 4 rings (SSSR count). The van der Waals surface area contributed by atoms with Gasteiger partial charge in [-0.25, -0.2) is 0 Å². The minimum absolute atomic E-state index is 0.0271. The van der Waals surface area contributed by atoms with Gasteiger partial charge >= 0.3 is 0 Å². The quantitative estimate of drug-likeness (QED) is 0.0973. The average Bonchev–Trinajstić information content (AvgIpc) is 3.49. The maximum absolute atomic E-state index is 12.8. The first-order valence-electron chi connectivity index (χ1n) is 16.3. The van der Waals surface area contributed by atoms with Gasteiger partial charge in [-0.3, -0.25) is 9.36 Å². The Morgan fingerprint density at radius 2 is 1.59 bits per heavy atom. The summed E-state index contributed by atoms with van der Waals surface area (Å²) in [7, 11) is 1.65. The number of methoxy groups -OCH3 is 1. The topological polar surface area (TPSA) is 78.3 Å². The van der Waals surface area contributed by atoms with Crippen LogP contribution in [0.15, 0.2) is 71.9 Å². The van der Waals surface area contributed by atoms with Gasteiger partial charge in [-0.1, -0.05) is 95.3 Å². The van der Waals surface area contributed by atoms with Crippen LogP contribution in [-0.4, -0.2) is 46.7 Å². The minimum atomic E-state index is -0.0341. The van der Waals surface area contributed by atoms with E-state index in [0.29, 0.717) is 18.3 Å². The number of ether oxygens (including phenoxy) is 2. The number of carbonyl (C=O) groups excluding carboxylic acids is 1. The number of aromatic nitrogens is 3. The molecule has 7 nitrogen and oxygen atoms in total. The lowest BCUT2D eigenvalue weighted by Crippen LogP contribution is -2.26. The molecule has 0 aliphatic heterocycles. The van der Waals surface area contributed by atoms with Crippen LogP contribution in [0.2, 0.25) is 0 Å². The summed E-state index contributed by atoms with van der Waals surface area (Å²) in [5.41, 5.74) is 5.81. The highest BCUT2D eigenvalue weighted by molar-refractivity contribution is 7.99. The normalized spacial score (nSPS) is 11.8. The number of benzene rings is 3. The summed E-state index contributed by atoms with van der Waals surface area (Å²) in [4.78, 5) is 12.8. The summed E-state index contributed by atoms with van der Waals surface area (Å²) in [5, 5.41) is 12.7. The maximum Gasteiger partial charge on any atom is 0.230 e. The van der Waals surface area contributed by atoms with Crippen molar-refractivity contribution in [2.75, 3.05) is 26.0 Å². The van der Waals surface area contributed by atoms with Crippen LogP contribution in [0.1, 0.15) is 83.9 Å². The van der Waals surface area contributed by atoms with Crippen LogP contribution in [0, 0.1) is 6.92 Å². The molecule has 8 heteroatoms. The smallest absolute Gasteiger partial charge is 0.230 e. The predicted molar refractivity (Wildman–Crippen MR) is 190 cm³/mol. The summed E-state index contributed by atoms with van der Waals surface area (Å²) >= 11 is 1.38. The van der Waals surface area contributed by atoms with Gasteiger partial charge in [0.25, 0.3) is 0 Å². The Kier molecular flexibility index (Phi) is 12.0. The van der Waals surface area contributed by atoms with Crippen molar-refractivity contribution in [2.24, 2.45) is 0 Å². The number of hydrogen-bond donors (Lipinski definition) is 1. The molecular weight excluding hydrogens is 593 g/mol. The fraction of sp³-hybridized carbons (Fsp3) is 0.447. The number of aryl methyl sites for hydroxylation is 1. The fourth-order valence-corrected chi connectivity index (χ4v) is 5.82. The van der Waals surface area contributed by atoms with E-state index in [9.17, 15) is 4.79 Å². The molecule has 1 N–H and O–H groups in total. The molecule has 1 aromatic heterocycles. The van der Waals surface area contributed by atoms with E-state index in [-0.39, 0.29) is 22.5 Å². The van der Waals surface area contributed by atoms with Crippen LogP contribution in [0.4, 0.5) is 0 Å². The fourth-order valence-electron chi connectivity index (χ4n) is 5.04. The third-order valence-corrected chi connectivity index (χ3v) is 9.94. The molecule has 0 unspecified atom stereocenters. The zero-order valence-corrected chi connectivity index (χ0v) is 29.6. The van der Waals surface area contributed by atoms with Crippen molar-refractivity contribution in [3.8, 4) is 28.6 Å². The van der Waals surface area contributed by atoms with E-state index < -0.39 is 0 Å². The highest BCUT2D eigenvalue weighted by atomic mass is 32.2. The maximum atomic E-state index is 12.8. The van der Waals surface area contributed by atoms with Crippen LogP contribution in [0.5, 0.6) is 11.5 Å². The zero-order valence-electron chi connectivity index (χ0n) is 28.8. The van der Waals surface area contributed by atoms with E-state index in [1.807, 2.05) is 41.0 Å². The minimum Gasteiger partial charge on any atom is -0.497 e. The van der Waals surface area contributed by atoms with Crippen molar-refractivity contribution in [1.82, 2.24) is 20.1 Å². The second-order valence-corrected chi connectivity index (χ2v) is 14.0. The predicted octanol–water partition coefficient (Wildman–Crippen LogP) is 8.69. The van der Waals surface area contributed by atoms with Gasteiger partial charge in [0, 0.05) is 23.4 Å². The van der Waals surface area contributed by atoms with Gasteiger partial charge < -0.3 is 14.8 Å². The molecule has 0 spiro atoms. The first-order chi connectivity index (χ1) is 22.0. The van der Waals surface area contributed by atoms with Crippen LogP contribution >= 0.6 is 11.8 Å². The van der Waals surface area contributed by atoms with Gasteiger partial charge in [-0.15, -0.1) is 10.2 Å². The number of amides is 1. The molecule has 0 aliphatic carbocycles. The number of rotatable bonds is 16. The third-order valence-electron chi connectivity index (χ3n) is 9.01. The van der Waals surface area contributed by atoms with E-state index in [4.69, 9.17) is 9.47 Å². The molecule has 3 aromatic carbocycles. The van der Waals surface area contributed by atoms with Gasteiger partial charge in [0.1, 0.15) is 11.5 Å². The summed E-state index contributed by atoms with van der Waals surface area (Å²) in [6.07, 6.45) is 3.81. The lowest BCUT2D eigenvalue weighted by Gasteiger charge is -2.30. The van der Waals surface area contributed by atoms with Crippen LogP contribution in [-0.2, 0) is 15.6 Å². The number of thioether (sulfide) groups is 1. The molecular formula is C38H50N4O3S. The van der Waals surface area contributed by atoms with E-state index in [0.717, 1.165) is 54.3 Å². The highest BCUT2D eigenvalue weighted by Crippen LogP contribution is 2.38. The lowest BCUT2D eigenvalue weighted by atomic mass is 9.76. The highest BCUT2D eigenvalue weighted by Gasteiger charge is 2.26. The van der Waals surface area contributed by atoms with Crippen LogP contribution < -0.4 is 14.8 Å². The van der Waals surface area contributed by atoms with Crippen LogP contribution in [0.25, 0.3) is 17.1 Å². The van der Waals surface area contributed by atoms with Crippen LogP contribution in [0.3, 0.4) is 0 Å². The van der Waals surface area contributed by atoms with Crippen molar-refractivity contribution in [2.45, 2.75) is 90.1 Å². The average molecular weight is 643 g/mol. The number of nitrogens with zero attached hydrogens (tertiary/aromatic N) is 3. The second kappa shape index (κ2) is 15.7. The van der Waals surface area contributed by atoms with Gasteiger partial charge in [-0.05, 0) is 79.3 Å². The van der Waals surface area contributed by atoms with Crippen molar-refractivity contribution < 1.29 is 14.3 Å². The number of nitrogens with one attached hydrogen (secondary N) is 1. The summed E-state index contributed by atoms with van der Waals surface area (Å²) < 4.78 is 13.6. The zero-order chi connectivity index (χ0) is 33.3. The first-order valence-corrected chi connectivity index (χ1v) is 17.3. The molecule has 1 heterocycles. The molecule has 0 saturated carbocycles. The summed E-state index contributed by atoms with van der Waals surface area (Å²) in [6, 6.07) is 22.7. The van der Waals surface area contributed by atoms with Gasteiger partial charge in [-0.2, -0.15) is 0 Å². The molecule has 4 aromatic rings. The Morgan fingerprint density at radius 3 is 2.24 bits per heavy atom. The SMILES string of the molecule is CCC(C)(C)c1ccc(OCCCCNC(=O)CSc2nnc(-c3ccc(C)cc3)n2-c2ccc(OC)cc2)c(C(C)(C)CC)c1. The Bertz CT molecular complexity index is 1580. The van der Waals surface area contributed by atoms with Gasteiger partial charge in [0.05, 0.1) is 19.5 Å². The monoisotopic (exact) mass is 642 g/mol. The molecule has 1 amide bonds. The Labute approximate surface area is 279 Å². The molecule has 0 aliphatic rings. The Balaban J connectivity index is 1.31. The third kappa shape index (κ3) is 8.72. The van der Waals surface area contributed by atoms with Crippen molar-refractivity contribution in [1.29, 1.82) is 0 Å². The second-order valence-electron chi connectivity index (χ2n) is 13.1. The molecule has 0 bridgehead atoms. The van der Waals surface area contributed by atoms with E-state index in [1.54, 1.807) is 7.11 Å². The molecule has 0 fully saturated rings. The summed E-state index contributed by atoms with van der Waals surface area (Å²) in [6.45, 7) is 16.9. The molecule has 46 heavy (non-hydrogen) atoms. The van der Waals surface area contributed by atoms with E-state index >= 15 is 0 Å². The largest absolute Gasteiger partial charge is 0.497 e. The molecule has 0 atom stereocenters. The lowest BCUT2D eigenvalue weighted by molar-refractivity contribution is -0.118. The number of carbonyl (C=O) groups is 1. The summed E-state index contributed by atoms with van der Waals surface area (Å²) in [5.74, 6) is 2.67. The Morgan fingerprint density at radius 1 is 0.891 bits per heavy atom. The Hall–Kier alpha value is -3.78. The molecule has 0 radical (unpaired) electrons. The standard InChI is InChI=1S/C38H50N4O3S/c1-9-37(4,5)29-17-22-33(32(25-29)38(6,7)10-2)45-24-12-11-23-39-34(43)26-46-36-41-40-35(28-15-13-27(3)14-16-28)42(36)30-18-20-31(44-8)21-19-30/h13-22,25H,9-12,23-24,26H2,1-8H3,(H,39,43). The molecule has 246 valence electrons.